The lowest BCUT2D eigenvalue weighted by atomic mass is 10.1. The van der Waals surface area contributed by atoms with Crippen molar-refractivity contribution in [3.63, 3.8) is 0 Å². The number of hydrogen-bond donors (Lipinski definition) is 1. The van der Waals surface area contributed by atoms with Crippen molar-refractivity contribution in [1.29, 1.82) is 0 Å². The summed E-state index contributed by atoms with van der Waals surface area (Å²) in [4.78, 5) is 12.3. The van der Waals surface area contributed by atoms with Crippen LogP contribution in [0.5, 0.6) is 5.75 Å². The fourth-order valence-electron chi connectivity index (χ4n) is 3.27. The highest BCUT2D eigenvalue weighted by Gasteiger charge is 2.19. The third-order valence-electron chi connectivity index (χ3n) is 4.92. The Morgan fingerprint density at radius 3 is 2.66 bits per heavy atom. The number of nitrogens with one attached hydrogen (secondary N) is 1. The first-order valence-corrected chi connectivity index (χ1v) is 11.0. The summed E-state index contributed by atoms with van der Waals surface area (Å²) in [5.41, 5.74) is 4.49. The number of rotatable bonds is 7. The zero-order valence-corrected chi connectivity index (χ0v) is 19.2. The topological polar surface area (TPSA) is 86.9 Å². The quantitative estimate of drug-likeness (QED) is 0.431. The first-order valence-electron chi connectivity index (χ1n) is 10.0. The fourth-order valence-corrected chi connectivity index (χ4v) is 3.99. The Hall–Kier alpha value is -3.59. The van der Waals surface area contributed by atoms with Crippen LogP contribution in [-0.4, -0.2) is 43.3 Å². The summed E-state index contributed by atoms with van der Waals surface area (Å²) >= 11 is 1.34. The maximum atomic E-state index is 12.3. The lowest BCUT2D eigenvalue weighted by Gasteiger charge is -2.07. The van der Waals surface area contributed by atoms with Crippen molar-refractivity contribution >= 4 is 23.4 Å². The molecule has 0 spiro atoms. The van der Waals surface area contributed by atoms with Gasteiger partial charge in [0.1, 0.15) is 11.4 Å². The Kier molecular flexibility index (Phi) is 6.27. The van der Waals surface area contributed by atoms with Crippen LogP contribution in [0, 0.1) is 6.92 Å². The molecule has 32 heavy (non-hydrogen) atoms. The summed E-state index contributed by atoms with van der Waals surface area (Å²) < 4.78 is 8.98. The SMILES string of the molecule is COc1cccc(-c2nn(C)cc2-c2nnc(SCC(=O)Nc3ccc(C)cc3)n2C)c1. The van der Waals surface area contributed by atoms with Crippen LogP contribution >= 0.6 is 11.8 Å². The van der Waals surface area contributed by atoms with E-state index in [1.54, 1.807) is 11.8 Å². The molecule has 0 saturated carbocycles. The van der Waals surface area contributed by atoms with Crippen molar-refractivity contribution < 1.29 is 9.53 Å². The summed E-state index contributed by atoms with van der Waals surface area (Å²) in [6, 6.07) is 15.4. The van der Waals surface area contributed by atoms with Gasteiger partial charge >= 0.3 is 0 Å². The zero-order valence-electron chi connectivity index (χ0n) is 18.4. The molecule has 0 aliphatic carbocycles. The van der Waals surface area contributed by atoms with E-state index in [9.17, 15) is 4.79 Å². The van der Waals surface area contributed by atoms with Gasteiger partial charge in [0.05, 0.1) is 18.4 Å². The number of carbonyl (C=O) groups is 1. The third-order valence-corrected chi connectivity index (χ3v) is 5.94. The maximum Gasteiger partial charge on any atom is 0.234 e. The van der Waals surface area contributed by atoms with E-state index in [0.29, 0.717) is 11.0 Å². The van der Waals surface area contributed by atoms with Crippen molar-refractivity contribution in [3.05, 3.63) is 60.3 Å². The molecule has 0 radical (unpaired) electrons. The molecule has 2 aromatic heterocycles. The molecule has 1 amide bonds. The van der Waals surface area contributed by atoms with E-state index in [-0.39, 0.29) is 11.7 Å². The van der Waals surface area contributed by atoms with Gasteiger partial charge in [0.2, 0.25) is 5.91 Å². The van der Waals surface area contributed by atoms with Gasteiger partial charge in [-0.25, -0.2) is 0 Å². The predicted molar refractivity (Wildman–Crippen MR) is 126 cm³/mol. The number of aryl methyl sites for hydroxylation is 2. The van der Waals surface area contributed by atoms with E-state index in [1.807, 2.05) is 80.3 Å². The predicted octanol–water partition coefficient (Wildman–Crippen LogP) is 3.93. The molecule has 2 aromatic carbocycles. The number of aromatic nitrogens is 5. The van der Waals surface area contributed by atoms with Crippen LogP contribution in [0.15, 0.2) is 59.9 Å². The number of anilines is 1. The molecule has 0 unspecified atom stereocenters. The number of hydrogen-bond acceptors (Lipinski definition) is 6. The molecule has 0 atom stereocenters. The maximum absolute atomic E-state index is 12.3. The van der Waals surface area contributed by atoms with Crippen LogP contribution in [-0.2, 0) is 18.9 Å². The highest BCUT2D eigenvalue weighted by molar-refractivity contribution is 7.99. The van der Waals surface area contributed by atoms with Crippen LogP contribution in [0.4, 0.5) is 5.69 Å². The summed E-state index contributed by atoms with van der Waals surface area (Å²) in [6.07, 6.45) is 1.91. The van der Waals surface area contributed by atoms with Gasteiger partial charge in [-0.3, -0.25) is 9.48 Å². The van der Waals surface area contributed by atoms with Gasteiger partial charge in [-0.05, 0) is 31.2 Å². The second kappa shape index (κ2) is 9.27. The number of nitrogens with zero attached hydrogens (tertiary/aromatic N) is 5. The van der Waals surface area contributed by atoms with Gasteiger partial charge in [-0.2, -0.15) is 5.10 Å². The summed E-state index contributed by atoms with van der Waals surface area (Å²) in [7, 11) is 5.39. The first-order chi connectivity index (χ1) is 15.4. The van der Waals surface area contributed by atoms with Crippen molar-refractivity contribution in [3.8, 4) is 28.4 Å². The van der Waals surface area contributed by atoms with Gasteiger partial charge in [0.15, 0.2) is 11.0 Å². The van der Waals surface area contributed by atoms with Crippen molar-refractivity contribution in [2.75, 3.05) is 18.2 Å². The minimum Gasteiger partial charge on any atom is -0.497 e. The van der Waals surface area contributed by atoms with Crippen molar-refractivity contribution in [2.45, 2.75) is 12.1 Å². The second-order valence-electron chi connectivity index (χ2n) is 7.37. The molecule has 2 heterocycles. The molecule has 1 N–H and O–H groups in total. The summed E-state index contributed by atoms with van der Waals surface area (Å²) in [6.45, 7) is 2.01. The summed E-state index contributed by atoms with van der Waals surface area (Å²) in [5.74, 6) is 1.57. The average molecular weight is 449 g/mol. The fraction of sp³-hybridized carbons (Fsp3) is 0.217. The molecule has 4 aromatic rings. The first kappa shape index (κ1) is 21.6. The zero-order chi connectivity index (χ0) is 22.7. The lowest BCUT2D eigenvalue weighted by Crippen LogP contribution is -2.14. The standard InChI is InChI=1S/C23H24N6O2S/c1-15-8-10-17(11-9-15)24-20(30)14-32-23-26-25-22(29(23)3)19-13-28(2)27-21(19)16-6-5-7-18(12-16)31-4/h5-13H,14H2,1-4H3,(H,24,30). The molecular formula is C23H24N6O2S. The van der Waals surface area contributed by atoms with Crippen LogP contribution in [0.3, 0.4) is 0 Å². The molecule has 0 fully saturated rings. The van der Waals surface area contributed by atoms with Gasteiger partial charge in [-0.15, -0.1) is 10.2 Å². The van der Waals surface area contributed by atoms with Gasteiger partial charge < -0.3 is 14.6 Å². The Balaban J connectivity index is 1.52. The Morgan fingerprint density at radius 2 is 1.91 bits per heavy atom. The molecule has 9 heteroatoms. The Bertz CT molecular complexity index is 1250. The van der Waals surface area contributed by atoms with E-state index < -0.39 is 0 Å². The van der Waals surface area contributed by atoms with E-state index in [0.717, 1.165) is 33.8 Å². The summed E-state index contributed by atoms with van der Waals surface area (Å²) in [5, 5.41) is 16.8. The van der Waals surface area contributed by atoms with Crippen LogP contribution < -0.4 is 10.1 Å². The van der Waals surface area contributed by atoms with E-state index in [4.69, 9.17) is 4.74 Å². The van der Waals surface area contributed by atoms with Gasteiger partial charge in [0.25, 0.3) is 0 Å². The highest BCUT2D eigenvalue weighted by atomic mass is 32.2. The van der Waals surface area contributed by atoms with Gasteiger partial charge in [-0.1, -0.05) is 41.6 Å². The lowest BCUT2D eigenvalue weighted by molar-refractivity contribution is -0.113. The largest absolute Gasteiger partial charge is 0.497 e. The number of methoxy groups -OCH3 is 1. The van der Waals surface area contributed by atoms with Crippen molar-refractivity contribution in [2.24, 2.45) is 14.1 Å². The number of thioether (sulfide) groups is 1. The third kappa shape index (κ3) is 4.67. The molecule has 0 aliphatic rings. The minimum absolute atomic E-state index is 0.0955. The molecule has 164 valence electrons. The Morgan fingerprint density at radius 1 is 1.12 bits per heavy atom. The monoisotopic (exact) mass is 448 g/mol. The van der Waals surface area contributed by atoms with Gasteiger partial charge in [0, 0.05) is 31.5 Å². The molecule has 8 nitrogen and oxygen atoms in total. The smallest absolute Gasteiger partial charge is 0.234 e. The van der Waals surface area contributed by atoms with E-state index in [2.05, 4.69) is 20.6 Å². The van der Waals surface area contributed by atoms with E-state index in [1.165, 1.54) is 11.8 Å². The molecule has 0 bridgehead atoms. The van der Waals surface area contributed by atoms with Crippen LogP contribution in [0.2, 0.25) is 0 Å². The molecule has 4 rings (SSSR count). The average Bonchev–Trinajstić information content (AvgIpc) is 3.36. The molecule has 0 aliphatic heterocycles. The highest BCUT2D eigenvalue weighted by Crippen LogP contribution is 2.32. The number of amides is 1. The minimum atomic E-state index is -0.0955. The van der Waals surface area contributed by atoms with Crippen LogP contribution in [0.25, 0.3) is 22.6 Å². The number of benzene rings is 2. The second-order valence-corrected chi connectivity index (χ2v) is 8.31. The normalized spacial score (nSPS) is 10.9. The molecular weight excluding hydrogens is 424 g/mol. The van der Waals surface area contributed by atoms with E-state index >= 15 is 0 Å². The number of ether oxygens (including phenoxy) is 1. The van der Waals surface area contributed by atoms with Crippen molar-refractivity contribution in [1.82, 2.24) is 24.5 Å². The number of carbonyl (C=O) groups excluding carboxylic acids is 1. The molecule has 0 saturated heterocycles. The Labute approximate surface area is 190 Å². The van der Waals surface area contributed by atoms with Crippen LogP contribution in [0.1, 0.15) is 5.56 Å².